The first-order chi connectivity index (χ1) is 8.16. The average molecular weight is 261 g/mol. The highest BCUT2D eigenvalue weighted by Gasteiger charge is 2.47. The molecular weight excluding hydrogens is 242 g/mol. The third-order valence-electron chi connectivity index (χ3n) is 2.56. The summed E-state index contributed by atoms with van der Waals surface area (Å²) in [5.41, 5.74) is -2.02. The summed E-state index contributed by atoms with van der Waals surface area (Å²) >= 11 is 0. The number of aliphatic carboxylic acids is 1. The summed E-state index contributed by atoms with van der Waals surface area (Å²) in [6.45, 7) is 5.30. The Kier molecular flexibility index (Phi) is 4.18. The second kappa shape index (κ2) is 5.11. The standard InChI is InChI=1S/C11H19NO6/c1-10(2,3)18-9(16)12-11(4-5-17-6-11)7(13)8(14)15/h7,13H,4-6H2,1-3H3,(H,12,16)(H,14,15). The van der Waals surface area contributed by atoms with Crippen molar-refractivity contribution in [2.24, 2.45) is 0 Å². The number of carbonyl (C=O) groups excluding carboxylic acids is 1. The highest BCUT2D eigenvalue weighted by atomic mass is 16.6. The van der Waals surface area contributed by atoms with Crippen molar-refractivity contribution in [3.63, 3.8) is 0 Å². The van der Waals surface area contributed by atoms with Gasteiger partial charge in [0.05, 0.1) is 6.61 Å². The topological polar surface area (TPSA) is 105 Å². The Balaban J connectivity index is 2.75. The molecule has 0 radical (unpaired) electrons. The molecule has 18 heavy (non-hydrogen) atoms. The number of aliphatic hydroxyl groups excluding tert-OH is 1. The zero-order valence-electron chi connectivity index (χ0n) is 10.7. The minimum Gasteiger partial charge on any atom is -0.479 e. The van der Waals surface area contributed by atoms with E-state index in [4.69, 9.17) is 14.6 Å². The molecule has 1 rings (SSSR count). The molecule has 0 aromatic rings. The van der Waals surface area contributed by atoms with Gasteiger partial charge in [-0.15, -0.1) is 0 Å². The van der Waals surface area contributed by atoms with E-state index in [0.29, 0.717) is 0 Å². The first-order valence-corrected chi connectivity index (χ1v) is 5.66. The van der Waals surface area contributed by atoms with Gasteiger partial charge in [-0.3, -0.25) is 0 Å². The van der Waals surface area contributed by atoms with Crippen LogP contribution in [0.5, 0.6) is 0 Å². The van der Waals surface area contributed by atoms with Gasteiger partial charge >= 0.3 is 12.1 Å². The second-order valence-corrected chi connectivity index (χ2v) is 5.33. The quantitative estimate of drug-likeness (QED) is 0.666. The van der Waals surface area contributed by atoms with Crippen molar-refractivity contribution in [1.29, 1.82) is 0 Å². The lowest BCUT2D eigenvalue weighted by Gasteiger charge is -2.32. The predicted octanol–water partition coefficient (Wildman–Crippen LogP) is 0.116. The fraction of sp³-hybridized carbons (Fsp3) is 0.818. The van der Waals surface area contributed by atoms with Crippen LogP contribution in [0, 0.1) is 0 Å². The number of ether oxygens (including phenoxy) is 2. The molecule has 2 atom stereocenters. The number of nitrogens with one attached hydrogen (secondary N) is 1. The molecule has 1 fully saturated rings. The molecule has 1 amide bonds. The number of carboxylic acid groups (broad SMARTS) is 1. The number of carbonyl (C=O) groups is 2. The number of amides is 1. The van der Waals surface area contributed by atoms with Gasteiger partial charge in [0.25, 0.3) is 0 Å². The summed E-state index contributed by atoms with van der Waals surface area (Å²) in [6, 6.07) is 0. The van der Waals surface area contributed by atoms with Crippen molar-refractivity contribution in [1.82, 2.24) is 5.32 Å². The predicted molar refractivity (Wildman–Crippen MR) is 61.2 cm³/mol. The van der Waals surface area contributed by atoms with Crippen LogP contribution in [-0.2, 0) is 14.3 Å². The van der Waals surface area contributed by atoms with Crippen LogP contribution >= 0.6 is 0 Å². The summed E-state index contributed by atoms with van der Waals surface area (Å²) in [4.78, 5) is 22.5. The molecule has 2 unspecified atom stereocenters. The first-order valence-electron chi connectivity index (χ1n) is 5.66. The number of alkyl carbamates (subject to hydrolysis) is 1. The van der Waals surface area contributed by atoms with E-state index in [-0.39, 0.29) is 19.6 Å². The van der Waals surface area contributed by atoms with Crippen LogP contribution < -0.4 is 5.32 Å². The SMILES string of the molecule is CC(C)(C)OC(=O)NC1(C(O)C(=O)O)CCOC1. The number of aliphatic hydroxyl groups is 1. The molecule has 0 saturated carbocycles. The van der Waals surface area contributed by atoms with E-state index in [1.165, 1.54) is 0 Å². The average Bonchev–Trinajstić information content (AvgIpc) is 2.62. The monoisotopic (exact) mass is 261 g/mol. The van der Waals surface area contributed by atoms with E-state index in [0.717, 1.165) is 0 Å². The maximum atomic E-state index is 11.7. The first kappa shape index (κ1) is 14.7. The Morgan fingerprint density at radius 3 is 2.44 bits per heavy atom. The van der Waals surface area contributed by atoms with E-state index in [1.54, 1.807) is 20.8 Å². The molecule has 0 aromatic carbocycles. The van der Waals surface area contributed by atoms with Crippen molar-refractivity contribution >= 4 is 12.1 Å². The van der Waals surface area contributed by atoms with E-state index in [9.17, 15) is 14.7 Å². The Hall–Kier alpha value is -1.34. The zero-order valence-corrected chi connectivity index (χ0v) is 10.7. The Morgan fingerprint density at radius 2 is 2.06 bits per heavy atom. The summed E-state index contributed by atoms with van der Waals surface area (Å²) in [6.07, 6.45) is -2.28. The summed E-state index contributed by atoms with van der Waals surface area (Å²) in [7, 11) is 0. The minimum absolute atomic E-state index is 0.0558. The summed E-state index contributed by atoms with van der Waals surface area (Å²) in [5, 5.41) is 20.9. The van der Waals surface area contributed by atoms with Crippen molar-refractivity contribution in [2.45, 2.75) is 44.4 Å². The third-order valence-corrected chi connectivity index (χ3v) is 2.56. The lowest BCUT2D eigenvalue weighted by Crippen LogP contribution is -2.60. The number of hydrogen-bond acceptors (Lipinski definition) is 5. The number of carboxylic acids is 1. The fourth-order valence-electron chi connectivity index (χ4n) is 1.71. The van der Waals surface area contributed by atoms with Crippen LogP contribution in [0.25, 0.3) is 0 Å². The molecule has 1 heterocycles. The van der Waals surface area contributed by atoms with Gasteiger partial charge in [0.15, 0.2) is 6.10 Å². The van der Waals surface area contributed by atoms with Gasteiger partial charge in [0.1, 0.15) is 11.1 Å². The molecular formula is C11H19NO6. The van der Waals surface area contributed by atoms with Gasteiger partial charge in [0, 0.05) is 6.61 Å². The van der Waals surface area contributed by atoms with Gasteiger partial charge in [-0.25, -0.2) is 9.59 Å². The lowest BCUT2D eigenvalue weighted by atomic mass is 9.91. The summed E-state index contributed by atoms with van der Waals surface area (Å²) < 4.78 is 10.1. The van der Waals surface area contributed by atoms with E-state index in [1.807, 2.05) is 0 Å². The number of hydrogen-bond donors (Lipinski definition) is 3. The van der Waals surface area contributed by atoms with Crippen molar-refractivity contribution in [2.75, 3.05) is 13.2 Å². The lowest BCUT2D eigenvalue weighted by molar-refractivity contribution is -0.151. The molecule has 0 bridgehead atoms. The van der Waals surface area contributed by atoms with Crippen LogP contribution in [0.1, 0.15) is 27.2 Å². The molecule has 0 spiro atoms. The van der Waals surface area contributed by atoms with Crippen LogP contribution in [0.2, 0.25) is 0 Å². The molecule has 3 N–H and O–H groups in total. The Bertz CT molecular complexity index is 329. The van der Waals surface area contributed by atoms with Crippen LogP contribution in [-0.4, -0.2) is 52.7 Å². The maximum Gasteiger partial charge on any atom is 0.408 e. The van der Waals surface area contributed by atoms with Gasteiger partial charge in [-0.2, -0.15) is 0 Å². The molecule has 104 valence electrons. The highest BCUT2D eigenvalue weighted by molar-refractivity contribution is 5.77. The molecule has 1 aliphatic heterocycles. The second-order valence-electron chi connectivity index (χ2n) is 5.33. The normalized spacial score (nSPS) is 25.6. The largest absolute Gasteiger partial charge is 0.479 e. The van der Waals surface area contributed by atoms with Crippen LogP contribution in [0.4, 0.5) is 4.79 Å². The molecule has 7 nitrogen and oxygen atoms in total. The van der Waals surface area contributed by atoms with E-state index < -0.39 is 29.3 Å². The molecule has 1 aliphatic rings. The van der Waals surface area contributed by atoms with Crippen molar-refractivity contribution in [3.8, 4) is 0 Å². The Morgan fingerprint density at radius 1 is 1.44 bits per heavy atom. The van der Waals surface area contributed by atoms with Gasteiger partial charge in [0.2, 0.25) is 0 Å². The smallest absolute Gasteiger partial charge is 0.408 e. The van der Waals surface area contributed by atoms with Gasteiger partial charge in [-0.05, 0) is 27.2 Å². The summed E-state index contributed by atoms with van der Waals surface area (Å²) in [5.74, 6) is -1.41. The van der Waals surface area contributed by atoms with E-state index in [2.05, 4.69) is 5.32 Å². The highest BCUT2D eigenvalue weighted by Crippen LogP contribution is 2.24. The third kappa shape index (κ3) is 3.58. The molecule has 0 aliphatic carbocycles. The molecule has 0 aromatic heterocycles. The fourth-order valence-corrected chi connectivity index (χ4v) is 1.71. The van der Waals surface area contributed by atoms with Gasteiger partial charge < -0.3 is 25.0 Å². The Labute approximate surface area is 105 Å². The van der Waals surface area contributed by atoms with E-state index >= 15 is 0 Å². The van der Waals surface area contributed by atoms with Crippen LogP contribution in [0.15, 0.2) is 0 Å². The number of rotatable bonds is 3. The molecule has 1 saturated heterocycles. The minimum atomic E-state index is -1.73. The van der Waals surface area contributed by atoms with Gasteiger partial charge in [-0.1, -0.05) is 0 Å². The van der Waals surface area contributed by atoms with Crippen LogP contribution in [0.3, 0.4) is 0 Å². The zero-order chi connectivity index (χ0) is 14.0. The molecule has 7 heteroatoms. The maximum absolute atomic E-state index is 11.7. The van der Waals surface area contributed by atoms with Crippen molar-refractivity contribution in [3.05, 3.63) is 0 Å². The van der Waals surface area contributed by atoms with Crippen molar-refractivity contribution < 1.29 is 29.3 Å².